The summed E-state index contributed by atoms with van der Waals surface area (Å²) >= 11 is 0. The molecule has 1 unspecified atom stereocenters. The number of aliphatic imine (C=N–C) groups is 1. The maximum atomic E-state index is 12.2. The van der Waals surface area contributed by atoms with Crippen LogP contribution in [0.25, 0.3) is 0 Å². The van der Waals surface area contributed by atoms with Crippen LogP contribution in [0, 0.1) is 0 Å². The van der Waals surface area contributed by atoms with E-state index in [-0.39, 0.29) is 30.4 Å². The molecule has 6 nitrogen and oxygen atoms in total. The van der Waals surface area contributed by atoms with Crippen LogP contribution in [0.15, 0.2) is 47.5 Å². The zero-order chi connectivity index (χ0) is 19.1. The van der Waals surface area contributed by atoms with Crippen molar-refractivity contribution in [2.24, 2.45) is 4.99 Å². The molecule has 0 heterocycles. The van der Waals surface area contributed by atoms with Crippen molar-refractivity contribution in [1.29, 1.82) is 0 Å². The van der Waals surface area contributed by atoms with Gasteiger partial charge in [0.05, 0.1) is 6.42 Å². The largest absolute Gasteiger partial charge is 0.506 e. The lowest BCUT2D eigenvalue weighted by Crippen LogP contribution is -2.14. The maximum Gasteiger partial charge on any atom is 0.303 e. The topological polar surface area (TPSA) is 99.0 Å². The van der Waals surface area contributed by atoms with Crippen molar-refractivity contribution in [1.82, 2.24) is 0 Å². The van der Waals surface area contributed by atoms with Crippen LogP contribution in [0.2, 0.25) is 0 Å². The molecule has 0 aromatic heterocycles. The van der Waals surface area contributed by atoms with E-state index in [1.165, 1.54) is 6.07 Å². The number of nitrogens with one attached hydrogen (secondary N) is 1. The first-order chi connectivity index (χ1) is 12.4. The quantitative estimate of drug-likeness (QED) is 0.627. The molecule has 1 amide bonds. The van der Waals surface area contributed by atoms with Gasteiger partial charge in [-0.3, -0.25) is 14.6 Å². The van der Waals surface area contributed by atoms with E-state index in [0.717, 1.165) is 5.56 Å². The van der Waals surface area contributed by atoms with Crippen LogP contribution < -0.4 is 5.32 Å². The summed E-state index contributed by atoms with van der Waals surface area (Å²) in [5.41, 5.74) is 2.74. The molecule has 0 radical (unpaired) electrons. The predicted molar refractivity (Wildman–Crippen MR) is 101 cm³/mol. The molecule has 2 aromatic carbocycles. The lowest BCUT2D eigenvalue weighted by molar-refractivity contribution is -0.137. The fourth-order valence-corrected chi connectivity index (χ4v) is 2.60. The van der Waals surface area contributed by atoms with Gasteiger partial charge >= 0.3 is 5.97 Å². The molecule has 0 aliphatic carbocycles. The second-order valence-corrected chi connectivity index (χ2v) is 6.16. The van der Waals surface area contributed by atoms with E-state index in [1.54, 1.807) is 24.3 Å². The third-order valence-corrected chi connectivity index (χ3v) is 4.13. The smallest absolute Gasteiger partial charge is 0.303 e. The van der Waals surface area contributed by atoms with Gasteiger partial charge in [0.2, 0.25) is 5.91 Å². The van der Waals surface area contributed by atoms with Gasteiger partial charge in [-0.2, -0.15) is 0 Å². The molecule has 0 aliphatic rings. The number of hydrogen-bond donors (Lipinski definition) is 3. The van der Waals surface area contributed by atoms with Gasteiger partial charge < -0.3 is 15.5 Å². The summed E-state index contributed by atoms with van der Waals surface area (Å²) in [6, 6.07) is 12.2. The molecule has 2 aromatic rings. The maximum absolute atomic E-state index is 12.2. The number of nitrogens with zero attached hydrogens (tertiary/aromatic N) is 1. The molecule has 0 bridgehead atoms. The van der Waals surface area contributed by atoms with E-state index >= 15 is 0 Å². The molecule has 26 heavy (non-hydrogen) atoms. The van der Waals surface area contributed by atoms with E-state index in [9.17, 15) is 14.7 Å². The molecular weight excluding hydrogens is 332 g/mol. The average Bonchev–Trinajstić information content (AvgIpc) is 2.60. The number of phenolic OH excluding ortho intramolecular Hbond substituents is 1. The number of aliphatic carboxylic acids is 1. The van der Waals surface area contributed by atoms with E-state index in [2.05, 4.69) is 17.0 Å². The minimum absolute atomic E-state index is 0.00926. The number of aromatic hydroxyl groups is 1. The SMILES string of the molecule is C=Nc1ccc(CC(=O)Nc2ccc(C(C)CCC(=O)O)cc2)cc1O. The first-order valence-electron chi connectivity index (χ1n) is 8.29. The van der Waals surface area contributed by atoms with E-state index in [1.807, 2.05) is 19.1 Å². The van der Waals surface area contributed by atoms with Crippen molar-refractivity contribution in [2.75, 3.05) is 5.32 Å². The zero-order valence-corrected chi connectivity index (χ0v) is 14.6. The molecule has 0 fully saturated rings. The molecule has 3 N–H and O–H groups in total. The van der Waals surface area contributed by atoms with Crippen molar-refractivity contribution in [3.05, 3.63) is 53.6 Å². The summed E-state index contributed by atoms with van der Waals surface area (Å²) < 4.78 is 0. The first kappa shape index (κ1) is 19.2. The monoisotopic (exact) mass is 354 g/mol. The summed E-state index contributed by atoms with van der Waals surface area (Å²) in [4.78, 5) is 26.5. The Morgan fingerprint density at radius 3 is 2.46 bits per heavy atom. The van der Waals surface area contributed by atoms with Gasteiger partial charge in [0, 0.05) is 12.1 Å². The van der Waals surface area contributed by atoms with Crippen molar-refractivity contribution in [3.8, 4) is 5.75 Å². The normalized spacial score (nSPS) is 11.6. The van der Waals surface area contributed by atoms with E-state index < -0.39 is 5.97 Å². The Kier molecular flexibility index (Phi) is 6.49. The van der Waals surface area contributed by atoms with Crippen molar-refractivity contribution in [2.45, 2.75) is 32.1 Å². The Labute approximate surface area is 152 Å². The summed E-state index contributed by atoms with van der Waals surface area (Å²) in [6.07, 6.45) is 0.828. The number of carboxylic acids is 1. The van der Waals surface area contributed by atoms with Crippen LogP contribution in [-0.2, 0) is 16.0 Å². The number of phenols is 1. The summed E-state index contributed by atoms with van der Waals surface area (Å²) in [5, 5.41) is 21.3. The first-order valence-corrected chi connectivity index (χ1v) is 8.29. The number of carboxylic acid groups (broad SMARTS) is 1. The molecule has 0 aliphatic heterocycles. The third kappa shape index (κ3) is 5.44. The number of carbonyl (C=O) groups is 2. The Morgan fingerprint density at radius 2 is 1.88 bits per heavy atom. The van der Waals surface area contributed by atoms with Crippen molar-refractivity contribution >= 4 is 30.0 Å². The van der Waals surface area contributed by atoms with Gasteiger partial charge in [-0.25, -0.2) is 0 Å². The van der Waals surface area contributed by atoms with Gasteiger partial charge in [-0.05, 0) is 54.4 Å². The fraction of sp³-hybridized carbons (Fsp3) is 0.250. The minimum Gasteiger partial charge on any atom is -0.506 e. The van der Waals surface area contributed by atoms with Gasteiger partial charge in [0.1, 0.15) is 11.4 Å². The van der Waals surface area contributed by atoms with Crippen LogP contribution in [0.4, 0.5) is 11.4 Å². The van der Waals surface area contributed by atoms with E-state index in [0.29, 0.717) is 23.4 Å². The second kappa shape index (κ2) is 8.80. The molecule has 136 valence electrons. The third-order valence-electron chi connectivity index (χ3n) is 4.13. The van der Waals surface area contributed by atoms with Crippen LogP contribution in [-0.4, -0.2) is 28.8 Å². The predicted octanol–water partition coefficient (Wildman–Crippen LogP) is 3.87. The molecule has 2 rings (SSSR count). The average molecular weight is 354 g/mol. The highest BCUT2D eigenvalue weighted by Gasteiger charge is 2.10. The van der Waals surface area contributed by atoms with Gasteiger partial charge in [0.15, 0.2) is 0 Å². The van der Waals surface area contributed by atoms with Crippen LogP contribution >= 0.6 is 0 Å². The molecular formula is C20H22N2O4. The highest BCUT2D eigenvalue weighted by Crippen LogP contribution is 2.27. The molecule has 0 spiro atoms. The number of anilines is 1. The molecule has 0 saturated heterocycles. The number of amides is 1. The number of hydrogen-bond acceptors (Lipinski definition) is 4. The summed E-state index contributed by atoms with van der Waals surface area (Å²) in [5.74, 6) is -0.875. The number of rotatable bonds is 8. The number of carbonyl (C=O) groups excluding carboxylic acids is 1. The lowest BCUT2D eigenvalue weighted by Gasteiger charge is -2.12. The Bertz CT molecular complexity index is 800. The Morgan fingerprint density at radius 1 is 1.19 bits per heavy atom. The highest BCUT2D eigenvalue weighted by molar-refractivity contribution is 5.92. The Hall–Kier alpha value is -3.15. The highest BCUT2D eigenvalue weighted by atomic mass is 16.4. The van der Waals surface area contributed by atoms with Crippen LogP contribution in [0.3, 0.4) is 0 Å². The fourth-order valence-electron chi connectivity index (χ4n) is 2.60. The van der Waals surface area contributed by atoms with Crippen LogP contribution in [0.1, 0.15) is 36.8 Å². The Balaban J connectivity index is 1.93. The summed E-state index contributed by atoms with van der Waals surface area (Å²) in [6.45, 7) is 5.34. The molecule has 1 atom stereocenters. The second-order valence-electron chi connectivity index (χ2n) is 6.16. The molecule has 0 saturated carbocycles. The zero-order valence-electron chi connectivity index (χ0n) is 14.6. The van der Waals surface area contributed by atoms with Gasteiger partial charge in [-0.15, -0.1) is 0 Å². The van der Waals surface area contributed by atoms with Gasteiger partial charge in [-0.1, -0.05) is 25.1 Å². The standard InChI is InChI=1S/C20H22N2O4/c1-13(3-10-20(25)26)15-5-7-16(8-6-15)22-19(24)12-14-4-9-17(21-2)18(23)11-14/h4-9,11,13,23H,2-3,10,12H2,1H3,(H,22,24)(H,25,26). The number of benzene rings is 2. The minimum atomic E-state index is -0.802. The van der Waals surface area contributed by atoms with E-state index in [4.69, 9.17) is 5.11 Å². The molecule has 6 heteroatoms. The van der Waals surface area contributed by atoms with Gasteiger partial charge in [0.25, 0.3) is 0 Å². The van der Waals surface area contributed by atoms with Crippen LogP contribution in [0.5, 0.6) is 5.75 Å². The van der Waals surface area contributed by atoms with Crippen molar-refractivity contribution in [3.63, 3.8) is 0 Å². The lowest BCUT2D eigenvalue weighted by atomic mass is 9.96. The van der Waals surface area contributed by atoms with Crippen molar-refractivity contribution < 1.29 is 19.8 Å². The summed E-state index contributed by atoms with van der Waals surface area (Å²) in [7, 11) is 0.